The molecular formula is C31H41F3N4O2S. The maximum atomic E-state index is 14.1. The lowest BCUT2D eigenvalue weighted by molar-refractivity contribution is -0.163. The molecule has 224 valence electrons. The Morgan fingerprint density at radius 2 is 2.00 bits per heavy atom. The van der Waals surface area contributed by atoms with Gasteiger partial charge in [0.1, 0.15) is 0 Å². The van der Waals surface area contributed by atoms with Crippen molar-refractivity contribution in [2.24, 2.45) is 21.8 Å². The first kappa shape index (κ1) is 32.7. The van der Waals surface area contributed by atoms with Crippen molar-refractivity contribution in [3.05, 3.63) is 65.0 Å². The van der Waals surface area contributed by atoms with Gasteiger partial charge in [0.2, 0.25) is 10.0 Å². The molecular weight excluding hydrogens is 549 g/mol. The first-order valence-electron chi connectivity index (χ1n) is 14.3. The third-order valence-corrected chi connectivity index (χ3v) is 8.69. The molecule has 1 N–H and O–H groups in total. The normalized spacial score (nSPS) is 22.9. The average molecular weight is 591 g/mol. The van der Waals surface area contributed by atoms with Gasteiger partial charge in [0.25, 0.3) is 0 Å². The molecule has 1 aliphatic carbocycles. The number of nitrogens with zero attached hydrogens (tertiary/aromatic N) is 3. The summed E-state index contributed by atoms with van der Waals surface area (Å²) in [5, 5.41) is 0. The fraction of sp³-hybridized carbons (Fsp3) is 0.516. The predicted octanol–water partition coefficient (Wildman–Crippen LogP) is 7.47. The van der Waals surface area contributed by atoms with E-state index in [1.54, 1.807) is 18.3 Å². The highest BCUT2D eigenvalue weighted by atomic mass is 32.2. The van der Waals surface area contributed by atoms with Crippen LogP contribution in [0.15, 0.2) is 63.8 Å². The van der Waals surface area contributed by atoms with Crippen LogP contribution < -0.4 is 4.72 Å². The molecule has 1 aromatic heterocycles. The van der Waals surface area contributed by atoms with Crippen molar-refractivity contribution < 1.29 is 21.6 Å². The topological polar surface area (TPSA) is 83.8 Å². The van der Waals surface area contributed by atoms with E-state index in [1.165, 1.54) is 13.1 Å². The molecule has 1 aromatic rings. The number of halogens is 3. The van der Waals surface area contributed by atoms with Gasteiger partial charge in [-0.3, -0.25) is 15.0 Å². The lowest BCUT2D eigenvalue weighted by atomic mass is 9.90. The van der Waals surface area contributed by atoms with Crippen LogP contribution in [0, 0.1) is 18.8 Å². The molecule has 0 spiro atoms. The van der Waals surface area contributed by atoms with E-state index in [1.807, 2.05) is 25.4 Å². The Hall–Kier alpha value is -2.85. The van der Waals surface area contributed by atoms with Crippen LogP contribution in [0.2, 0.25) is 0 Å². The minimum atomic E-state index is -4.55. The van der Waals surface area contributed by atoms with E-state index in [9.17, 15) is 21.6 Å². The third-order valence-electron chi connectivity index (χ3n) is 7.30. The average Bonchev–Trinajstić information content (AvgIpc) is 3.09. The van der Waals surface area contributed by atoms with E-state index in [0.29, 0.717) is 19.4 Å². The molecule has 6 nitrogen and oxygen atoms in total. The summed E-state index contributed by atoms with van der Waals surface area (Å²) in [6.45, 7) is 4.70. The summed E-state index contributed by atoms with van der Waals surface area (Å²) in [6, 6.07) is 1.95. The molecule has 2 aliphatic rings. The molecule has 41 heavy (non-hydrogen) atoms. The zero-order chi connectivity index (χ0) is 29.9. The molecule has 10 heteroatoms. The Labute approximate surface area is 242 Å². The van der Waals surface area contributed by atoms with Crippen molar-refractivity contribution in [1.29, 1.82) is 0 Å². The van der Waals surface area contributed by atoms with Crippen LogP contribution in [0.3, 0.4) is 0 Å². The van der Waals surface area contributed by atoms with Gasteiger partial charge in [0, 0.05) is 30.7 Å². The zero-order valence-corrected chi connectivity index (χ0v) is 24.9. The number of aromatic nitrogens is 1. The number of pyridine rings is 1. The predicted molar refractivity (Wildman–Crippen MR) is 162 cm³/mol. The minimum absolute atomic E-state index is 0.124. The molecule has 2 unspecified atom stereocenters. The van der Waals surface area contributed by atoms with Crippen LogP contribution >= 0.6 is 0 Å². The van der Waals surface area contributed by atoms with Gasteiger partial charge in [0.15, 0.2) is 0 Å². The highest BCUT2D eigenvalue weighted by molar-refractivity contribution is 7.89. The van der Waals surface area contributed by atoms with Crippen molar-refractivity contribution >= 4 is 33.7 Å². The molecule has 0 aromatic carbocycles. The van der Waals surface area contributed by atoms with Gasteiger partial charge in [-0.25, -0.2) is 13.1 Å². The second-order valence-electron chi connectivity index (χ2n) is 10.5. The summed E-state index contributed by atoms with van der Waals surface area (Å²) in [5.74, 6) is -2.30. The molecule has 2 heterocycles. The number of aliphatic imine (C=N–C) groups is 2. The van der Waals surface area contributed by atoms with E-state index in [0.717, 1.165) is 60.2 Å². The van der Waals surface area contributed by atoms with E-state index in [-0.39, 0.29) is 11.5 Å². The van der Waals surface area contributed by atoms with Gasteiger partial charge >= 0.3 is 6.18 Å². The Balaban J connectivity index is 1.86. The lowest BCUT2D eigenvalue weighted by Crippen LogP contribution is -2.30. The van der Waals surface area contributed by atoms with Gasteiger partial charge in [-0.05, 0) is 82.0 Å². The van der Waals surface area contributed by atoms with E-state index in [4.69, 9.17) is 4.99 Å². The van der Waals surface area contributed by atoms with Gasteiger partial charge < -0.3 is 0 Å². The largest absolute Gasteiger partial charge is 0.395 e. The van der Waals surface area contributed by atoms with Crippen LogP contribution in [0.25, 0.3) is 5.57 Å². The summed E-state index contributed by atoms with van der Waals surface area (Å²) < 4.78 is 68.0. The van der Waals surface area contributed by atoms with Gasteiger partial charge in [0.05, 0.1) is 23.1 Å². The summed E-state index contributed by atoms with van der Waals surface area (Å²) in [6.07, 6.45) is 15.1. The van der Waals surface area contributed by atoms with Crippen molar-refractivity contribution in [2.45, 2.75) is 71.4 Å². The number of sulfonamides is 1. The number of hydrogen-bond donors (Lipinski definition) is 1. The summed E-state index contributed by atoms with van der Waals surface area (Å²) in [5.41, 5.74) is 4.70. The van der Waals surface area contributed by atoms with Crippen LogP contribution in [0.5, 0.6) is 0 Å². The summed E-state index contributed by atoms with van der Waals surface area (Å²) in [7, 11) is -2.54. The van der Waals surface area contributed by atoms with E-state index >= 15 is 0 Å². The Morgan fingerprint density at radius 3 is 2.73 bits per heavy atom. The first-order valence-corrected chi connectivity index (χ1v) is 15.9. The quantitative estimate of drug-likeness (QED) is 0.272. The van der Waals surface area contributed by atoms with E-state index < -0.39 is 34.3 Å². The van der Waals surface area contributed by atoms with Gasteiger partial charge in [-0.2, -0.15) is 13.2 Å². The number of aryl methyl sites for hydroxylation is 1. The van der Waals surface area contributed by atoms with Crippen LogP contribution in [0.4, 0.5) is 18.9 Å². The smallest absolute Gasteiger partial charge is 0.293 e. The Morgan fingerprint density at radius 1 is 1.22 bits per heavy atom. The maximum Gasteiger partial charge on any atom is 0.395 e. The second-order valence-corrected chi connectivity index (χ2v) is 12.5. The van der Waals surface area contributed by atoms with Crippen LogP contribution in [-0.4, -0.2) is 51.4 Å². The van der Waals surface area contributed by atoms with Crippen molar-refractivity contribution in [3.8, 4) is 0 Å². The number of hydrogen-bond acceptors (Lipinski definition) is 5. The number of rotatable bonds is 11. The fourth-order valence-electron chi connectivity index (χ4n) is 4.96. The second kappa shape index (κ2) is 15.4. The number of unbranched alkanes of at least 4 members (excludes halogenated alkanes) is 1. The first-order chi connectivity index (χ1) is 19.5. The van der Waals surface area contributed by atoms with Crippen molar-refractivity contribution in [2.75, 3.05) is 19.3 Å². The fourth-order valence-corrected chi connectivity index (χ4v) is 5.71. The molecule has 0 bridgehead atoms. The molecule has 2 atom stereocenters. The molecule has 0 saturated carbocycles. The third kappa shape index (κ3) is 10.2. The standard InChI is InChI=1S/C31H41F3N4O2S/c1-4-5-16-38-30-23(2)37-18-14-28(30)27-21-25(13-17-36-22-27)20-24-9-7-6-8-10-26(12-11-24)29(31(32,33)34)15-19-41(39,40)35-3/h9-12,14,16,18,21-22,25,29,35H,4-8,13,15,17,19-20H2,1-3H3/b12-11-,24-9+,26-10-,38-16-. The molecule has 0 fully saturated rings. The number of nitrogens with one attached hydrogen (secondary N) is 1. The molecule has 1 aliphatic heterocycles. The Bertz CT molecular complexity index is 1330. The maximum absolute atomic E-state index is 14.1. The number of alkyl halides is 3. The summed E-state index contributed by atoms with van der Waals surface area (Å²) >= 11 is 0. The molecule has 0 amide bonds. The number of allylic oxidation sites excluding steroid dienone is 8. The summed E-state index contributed by atoms with van der Waals surface area (Å²) in [4.78, 5) is 13.7. The highest BCUT2D eigenvalue weighted by Gasteiger charge is 2.41. The minimum Gasteiger partial charge on any atom is -0.293 e. The van der Waals surface area contributed by atoms with Crippen molar-refractivity contribution in [3.63, 3.8) is 0 Å². The zero-order valence-electron chi connectivity index (χ0n) is 24.1. The van der Waals surface area contributed by atoms with Gasteiger partial charge in [-0.1, -0.05) is 49.3 Å². The molecule has 0 radical (unpaired) electrons. The van der Waals surface area contributed by atoms with Gasteiger partial charge in [-0.15, -0.1) is 0 Å². The highest BCUT2D eigenvalue weighted by Crippen LogP contribution is 2.37. The van der Waals surface area contributed by atoms with Crippen LogP contribution in [0.1, 0.15) is 69.5 Å². The van der Waals surface area contributed by atoms with Crippen molar-refractivity contribution in [1.82, 2.24) is 9.71 Å². The Kier molecular flexibility index (Phi) is 12.3. The van der Waals surface area contributed by atoms with Crippen LogP contribution in [-0.2, 0) is 10.0 Å². The molecule has 0 saturated heterocycles. The molecule has 3 rings (SSSR count). The SMILES string of the molecule is CCC/C=N\c1c(C2=CC(CC3=C/CCC/C=C(C(CCS(=O)(=O)NC)C(F)(F)F)/C=C\3)CCN=C2)ccnc1C. The lowest BCUT2D eigenvalue weighted by Gasteiger charge is -2.22. The van der Waals surface area contributed by atoms with E-state index in [2.05, 4.69) is 33.8 Å². The monoisotopic (exact) mass is 590 g/mol.